The summed E-state index contributed by atoms with van der Waals surface area (Å²) in [6, 6.07) is 0.752. The molecular weight excluding hydrogens is 216 g/mol. The van der Waals surface area contributed by atoms with E-state index in [2.05, 4.69) is 31.2 Å². The monoisotopic (exact) mass is 238 g/mol. The predicted molar refractivity (Wildman–Crippen MR) is 70.1 cm³/mol. The number of nitrogens with one attached hydrogen (secondary N) is 1. The first kappa shape index (κ1) is 12.1. The summed E-state index contributed by atoms with van der Waals surface area (Å²) in [5.41, 5.74) is 1.22. The van der Waals surface area contributed by atoms with Crippen LogP contribution >= 0.6 is 11.3 Å². The summed E-state index contributed by atoms with van der Waals surface area (Å²) in [7, 11) is 2.10. The van der Waals surface area contributed by atoms with Gasteiger partial charge in [-0.15, -0.1) is 11.3 Å². The van der Waals surface area contributed by atoms with Gasteiger partial charge in [-0.3, -0.25) is 0 Å². The molecule has 2 rings (SSSR count). The molecule has 0 aliphatic heterocycles. The van der Waals surface area contributed by atoms with Crippen LogP contribution in [0.25, 0.3) is 0 Å². The molecule has 1 aliphatic carbocycles. The first-order valence-corrected chi connectivity index (χ1v) is 7.12. The third-order valence-electron chi connectivity index (χ3n) is 3.54. The van der Waals surface area contributed by atoms with Gasteiger partial charge in [0.1, 0.15) is 0 Å². The van der Waals surface area contributed by atoms with Gasteiger partial charge in [0.2, 0.25) is 0 Å². The highest BCUT2D eigenvalue weighted by molar-refractivity contribution is 7.11. The second kappa shape index (κ2) is 5.28. The van der Waals surface area contributed by atoms with Gasteiger partial charge in [0.05, 0.1) is 10.7 Å². The summed E-state index contributed by atoms with van der Waals surface area (Å²) in [5, 5.41) is 4.77. The Morgan fingerprint density at radius 1 is 1.44 bits per heavy atom. The molecule has 2 nitrogen and oxygen atoms in total. The Balaban J connectivity index is 1.74. The lowest BCUT2D eigenvalue weighted by atomic mass is 10.1. The van der Waals surface area contributed by atoms with Crippen molar-refractivity contribution in [3.63, 3.8) is 0 Å². The maximum atomic E-state index is 4.59. The summed E-state index contributed by atoms with van der Waals surface area (Å²) in [6.45, 7) is 4.27. The smallest absolute Gasteiger partial charge is 0.0930 e. The SMILES string of the molecule is CNC(CCCc1nc(C)c(C)s1)C1CC1. The van der Waals surface area contributed by atoms with Crippen LogP contribution in [0.15, 0.2) is 0 Å². The standard InChI is InChI=1S/C13H22N2S/c1-9-10(2)16-13(15-9)6-4-5-12(14-3)11-7-8-11/h11-12,14H,4-8H2,1-3H3. The first-order valence-electron chi connectivity index (χ1n) is 6.31. The zero-order valence-corrected chi connectivity index (χ0v) is 11.4. The average molecular weight is 238 g/mol. The largest absolute Gasteiger partial charge is 0.317 e. The van der Waals surface area contributed by atoms with E-state index >= 15 is 0 Å². The average Bonchev–Trinajstić information content (AvgIpc) is 3.03. The Morgan fingerprint density at radius 3 is 2.69 bits per heavy atom. The predicted octanol–water partition coefficient (Wildman–Crippen LogP) is 3.08. The van der Waals surface area contributed by atoms with Crippen LogP contribution in [0.2, 0.25) is 0 Å². The van der Waals surface area contributed by atoms with Crippen LogP contribution in [0, 0.1) is 19.8 Å². The minimum absolute atomic E-state index is 0.752. The molecule has 1 aromatic rings. The fourth-order valence-electron chi connectivity index (χ4n) is 2.23. The summed E-state index contributed by atoms with van der Waals surface area (Å²) in [4.78, 5) is 5.97. The summed E-state index contributed by atoms with van der Waals surface area (Å²) < 4.78 is 0. The molecule has 0 spiro atoms. The minimum Gasteiger partial charge on any atom is -0.317 e. The van der Waals surface area contributed by atoms with Crippen molar-refractivity contribution in [2.24, 2.45) is 5.92 Å². The lowest BCUT2D eigenvalue weighted by molar-refractivity contribution is 0.456. The molecule has 1 atom stereocenters. The zero-order chi connectivity index (χ0) is 11.5. The lowest BCUT2D eigenvalue weighted by Crippen LogP contribution is -2.27. The molecule has 0 aromatic carbocycles. The summed E-state index contributed by atoms with van der Waals surface area (Å²) in [6.07, 6.45) is 6.60. The lowest BCUT2D eigenvalue weighted by Gasteiger charge is -2.14. The van der Waals surface area contributed by atoms with Crippen molar-refractivity contribution in [2.75, 3.05) is 7.05 Å². The number of thiazole rings is 1. The molecule has 1 aromatic heterocycles. The van der Waals surface area contributed by atoms with E-state index in [1.54, 1.807) is 0 Å². The third-order valence-corrected chi connectivity index (χ3v) is 4.67. The van der Waals surface area contributed by atoms with E-state index in [9.17, 15) is 0 Å². The molecule has 0 bridgehead atoms. The van der Waals surface area contributed by atoms with Gasteiger partial charge in [-0.25, -0.2) is 4.98 Å². The number of hydrogen-bond acceptors (Lipinski definition) is 3. The second-order valence-electron chi connectivity index (χ2n) is 4.87. The Hall–Kier alpha value is -0.410. The summed E-state index contributed by atoms with van der Waals surface area (Å²) in [5.74, 6) is 0.963. The molecule has 1 aliphatic rings. The highest BCUT2D eigenvalue weighted by atomic mass is 32.1. The summed E-state index contributed by atoms with van der Waals surface area (Å²) >= 11 is 1.87. The maximum absolute atomic E-state index is 4.59. The maximum Gasteiger partial charge on any atom is 0.0930 e. The van der Waals surface area contributed by atoms with Crippen molar-refractivity contribution in [3.8, 4) is 0 Å². The van der Waals surface area contributed by atoms with Crippen molar-refractivity contribution < 1.29 is 0 Å². The minimum atomic E-state index is 0.752. The van der Waals surface area contributed by atoms with Crippen molar-refractivity contribution in [2.45, 2.75) is 52.0 Å². The Kier molecular flexibility index (Phi) is 3.98. The number of aryl methyl sites for hydroxylation is 3. The zero-order valence-electron chi connectivity index (χ0n) is 10.5. The van der Waals surface area contributed by atoms with Crippen LogP contribution in [0.5, 0.6) is 0 Å². The normalized spacial score (nSPS) is 17.7. The number of aromatic nitrogens is 1. The van der Waals surface area contributed by atoms with Crippen molar-refractivity contribution in [1.29, 1.82) is 0 Å². The van der Waals surface area contributed by atoms with Gasteiger partial charge in [-0.2, -0.15) is 0 Å². The molecule has 16 heavy (non-hydrogen) atoms. The topological polar surface area (TPSA) is 24.9 Å². The van der Waals surface area contributed by atoms with Crippen LogP contribution in [-0.4, -0.2) is 18.1 Å². The van der Waals surface area contributed by atoms with Crippen LogP contribution in [0.4, 0.5) is 0 Å². The van der Waals surface area contributed by atoms with E-state index in [1.807, 2.05) is 11.3 Å². The van der Waals surface area contributed by atoms with Crippen LogP contribution in [-0.2, 0) is 6.42 Å². The van der Waals surface area contributed by atoms with E-state index in [1.165, 1.54) is 41.3 Å². The highest BCUT2D eigenvalue weighted by Gasteiger charge is 2.29. The van der Waals surface area contributed by atoms with Gasteiger partial charge in [-0.05, 0) is 58.9 Å². The highest BCUT2D eigenvalue weighted by Crippen LogP contribution is 2.34. The second-order valence-corrected chi connectivity index (χ2v) is 6.16. The Bertz CT molecular complexity index is 322. The molecule has 0 amide bonds. The van der Waals surface area contributed by atoms with E-state index in [0.717, 1.165) is 18.4 Å². The molecular formula is C13H22N2S. The van der Waals surface area contributed by atoms with E-state index in [-0.39, 0.29) is 0 Å². The molecule has 1 heterocycles. The third kappa shape index (κ3) is 3.05. The van der Waals surface area contributed by atoms with Crippen molar-refractivity contribution in [3.05, 3.63) is 15.6 Å². The molecule has 0 radical (unpaired) electrons. The Morgan fingerprint density at radius 2 is 2.19 bits per heavy atom. The van der Waals surface area contributed by atoms with Crippen molar-refractivity contribution in [1.82, 2.24) is 10.3 Å². The number of rotatable bonds is 6. The molecule has 3 heteroatoms. The molecule has 1 unspecified atom stereocenters. The molecule has 1 N–H and O–H groups in total. The molecule has 1 saturated carbocycles. The van der Waals surface area contributed by atoms with Crippen molar-refractivity contribution >= 4 is 11.3 Å². The number of hydrogen-bond donors (Lipinski definition) is 1. The van der Waals surface area contributed by atoms with E-state index in [4.69, 9.17) is 0 Å². The first-order chi connectivity index (χ1) is 7.70. The quantitative estimate of drug-likeness (QED) is 0.824. The molecule has 90 valence electrons. The van der Waals surface area contributed by atoms with Crippen LogP contribution < -0.4 is 5.32 Å². The van der Waals surface area contributed by atoms with Gasteiger partial charge in [-0.1, -0.05) is 0 Å². The fourth-order valence-corrected chi connectivity index (χ4v) is 3.21. The van der Waals surface area contributed by atoms with Gasteiger partial charge < -0.3 is 5.32 Å². The van der Waals surface area contributed by atoms with Crippen LogP contribution in [0.1, 0.15) is 41.3 Å². The number of nitrogens with zero attached hydrogens (tertiary/aromatic N) is 1. The van der Waals surface area contributed by atoms with E-state index < -0.39 is 0 Å². The van der Waals surface area contributed by atoms with Gasteiger partial charge in [0, 0.05) is 10.9 Å². The van der Waals surface area contributed by atoms with Crippen LogP contribution in [0.3, 0.4) is 0 Å². The van der Waals surface area contributed by atoms with Gasteiger partial charge in [0.15, 0.2) is 0 Å². The fraction of sp³-hybridized carbons (Fsp3) is 0.769. The Labute approximate surface area is 102 Å². The van der Waals surface area contributed by atoms with Gasteiger partial charge >= 0.3 is 0 Å². The van der Waals surface area contributed by atoms with E-state index in [0.29, 0.717) is 0 Å². The molecule has 1 fully saturated rings. The van der Waals surface area contributed by atoms with Gasteiger partial charge in [0.25, 0.3) is 0 Å². The molecule has 0 saturated heterocycles.